The lowest BCUT2D eigenvalue weighted by molar-refractivity contribution is -0.174. The summed E-state index contributed by atoms with van der Waals surface area (Å²) in [5.41, 5.74) is 2.39. The van der Waals surface area contributed by atoms with E-state index in [4.69, 9.17) is 5.26 Å². The van der Waals surface area contributed by atoms with Crippen LogP contribution in [-0.2, 0) is 17.6 Å². The molecule has 1 N–H and O–H groups in total. The summed E-state index contributed by atoms with van der Waals surface area (Å²) < 4.78 is 36.5. The van der Waals surface area contributed by atoms with Crippen molar-refractivity contribution in [3.8, 4) is 6.07 Å². The van der Waals surface area contributed by atoms with Crippen LogP contribution >= 0.6 is 0 Å². The van der Waals surface area contributed by atoms with E-state index in [0.717, 1.165) is 11.1 Å². The molecule has 3 nitrogen and oxygen atoms in total. The number of nitrogens with one attached hydrogen (secondary N) is 1. The van der Waals surface area contributed by atoms with Crippen LogP contribution in [0.1, 0.15) is 23.1 Å². The lowest BCUT2D eigenvalue weighted by Crippen LogP contribution is -2.45. The maximum absolute atomic E-state index is 12.2. The summed E-state index contributed by atoms with van der Waals surface area (Å²) in [6.45, 7) is 0. The van der Waals surface area contributed by atoms with Crippen molar-refractivity contribution < 1.29 is 18.0 Å². The van der Waals surface area contributed by atoms with Crippen molar-refractivity contribution in [3.63, 3.8) is 0 Å². The molecule has 6 heteroatoms. The highest BCUT2D eigenvalue weighted by Gasteiger charge is 2.40. The van der Waals surface area contributed by atoms with Crippen LogP contribution in [0, 0.1) is 11.3 Å². The predicted molar refractivity (Wildman–Crippen MR) is 61.2 cm³/mol. The molecule has 1 aromatic rings. The fourth-order valence-corrected chi connectivity index (χ4v) is 2.22. The van der Waals surface area contributed by atoms with Crippen LogP contribution < -0.4 is 5.32 Å². The molecule has 0 saturated heterocycles. The van der Waals surface area contributed by atoms with E-state index in [1.807, 2.05) is 11.4 Å². The molecule has 0 aromatic heterocycles. The summed E-state index contributed by atoms with van der Waals surface area (Å²) in [7, 11) is 0. The number of benzene rings is 1. The number of nitrogens with zero attached hydrogens (tertiary/aromatic N) is 1. The van der Waals surface area contributed by atoms with Gasteiger partial charge in [0.1, 0.15) is 0 Å². The van der Waals surface area contributed by atoms with Gasteiger partial charge in [-0.1, -0.05) is 6.07 Å². The van der Waals surface area contributed by atoms with E-state index >= 15 is 0 Å². The Kier molecular flexibility index (Phi) is 3.47. The Morgan fingerprint density at radius 3 is 2.74 bits per heavy atom. The minimum atomic E-state index is -4.84. The van der Waals surface area contributed by atoms with Gasteiger partial charge in [0.15, 0.2) is 0 Å². The van der Waals surface area contributed by atoms with Gasteiger partial charge in [0.2, 0.25) is 0 Å². The van der Waals surface area contributed by atoms with E-state index in [-0.39, 0.29) is 0 Å². The Hall–Kier alpha value is -2.03. The number of alkyl halides is 3. The third-order valence-electron chi connectivity index (χ3n) is 3.16. The van der Waals surface area contributed by atoms with E-state index in [2.05, 4.69) is 0 Å². The molecule has 0 aliphatic heterocycles. The van der Waals surface area contributed by atoms with E-state index in [1.165, 1.54) is 0 Å². The van der Waals surface area contributed by atoms with Crippen molar-refractivity contribution in [1.82, 2.24) is 5.32 Å². The number of carbonyl (C=O) groups is 1. The van der Waals surface area contributed by atoms with Crippen LogP contribution in [0.25, 0.3) is 0 Å². The highest BCUT2D eigenvalue weighted by atomic mass is 19.4. The Morgan fingerprint density at radius 2 is 2.11 bits per heavy atom. The van der Waals surface area contributed by atoms with Crippen LogP contribution in [0.3, 0.4) is 0 Å². The molecular formula is C13H11F3N2O. The SMILES string of the molecule is N#Cc1ccc2c(c1)CC[C@H](NC(=O)C(F)(F)F)C2. The first-order valence-corrected chi connectivity index (χ1v) is 5.79. The number of rotatable bonds is 1. The van der Waals surface area contributed by atoms with Gasteiger partial charge in [0.25, 0.3) is 0 Å². The topological polar surface area (TPSA) is 52.9 Å². The highest BCUT2D eigenvalue weighted by molar-refractivity contribution is 5.82. The largest absolute Gasteiger partial charge is 0.471 e. The van der Waals surface area contributed by atoms with Gasteiger partial charge in [-0.3, -0.25) is 4.79 Å². The van der Waals surface area contributed by atoms with Crippen molar-refractivity contribution >= 4 is 5.91 Å². The number of halogens is 3. The zero-order valence-corrected chi connectivity index (χ0v) is 9.92. The molecule has 19 heavy (non-hydrogen) atoms. The monoisotopic (exact) mass is 268 g/mol. The second kappa shape index (κ2) is 4.92. The summed E-state index contributed by atoms with van der Waals surface area (Å²) in [5, 5.41) is 10.8. The van der Waals surface area contributed by atoms with Crippen LogP contribution in [0.4, 0.5) is 13.2 Å². The van der Waals surface area contributed by atoms with Gasteiger partial charge in [0, 0.05) is 6.04 Å². The molecule has 0 saturated carbocycles. The van der Waals surface area contributed by atoms with Gasteiger partial charge < -0.3 is 5.32 Å². The Balaban J connectivity index is 2.07. The van der Waals surface area contributed by atoms with Crippen LogP contribution in [0.2, 0.25) is 0 Å². The van der Waals surface area contributed by atoms with Gasteiger partial charge in [-0.15, -0.1) is 0 Å². The number of carbonyl (C=O) groups excluding carboxylic acids is 1. The van der Waals surface area contributed by atoms with Gasteiger partial charge in [-0.05, 0) is 42.5 Å². The summed E-state index contributed by atoms with van der Waals surface area (Å²) in [6.07, 6.45) is -3.47. The first-order valence-electron chi connectivity index (χ1n) is 5.79. The molecule has 0 heterocycles. The lowest BCUT2D eigenvalue weighted by Gasteiger charge is -2.26. The maximum atomic E-state index is 12.2. The van der Waals surface area contributed by atoms with E-state index in [9.17, 15) is 18.0 Å². The lowest BCUT2D eigenvalue weighted by atomic mass is 9.87. The van der Waals surface area contributed by atoms with Crippen LogP contribution in [0.15, 0.2) is 18.2 Å². The molecule has 2 rings (SSSR count). The van der Waals surface area contributed by atoms with Gasteiger partial charge in [0.05, 0.1) is 11.6 Å². The Bertz CT molecular complexity index is 546. The van der Waals surface area contributed by atoms with Crippen LogP contribution in [0.5, 0.6) is 0 Å². The number of fused-ring (bicyclic) bond motifs is 1. The highest BCUT2D eigenvalue weighted by Crippen LogP contribution is 2.23. The number of hydrogen-bond donors (Lipinski definition) is 1. The number of amides is 1. The Morgan fingerprint density at radius 1 is 1.37 bits per heavy atom. The van der Waals surface area contributed by atoms with Crippen molar-refractivity contribution in [2.45, 2.75) is 31.5 Å². The number of hydrogen-bond acceptors (Lipinski definition) is 2. The minimum absolute atomic E-state index is 0.364. The fraction of sp³-hybridized carbons (Fsp3) is 0.385. The summed E-state index contributed by atoms with van der Waals surface area (Å²) in [4.78, 5) is 10.9. The summed E-state index contributed by atoms with van der Waals surface area (Å²) >= 11 is 0. The smallest absolute Gasteiger partial charge is 0.345 e. The zero-order valence-electron chi connectivity index (χ0n) is 9.92. The third-order valence-corrected chi connectivity index (χ3v) is 3.16. The average Bonchev–Trinajstić information content (AvgIpc) is 2.37. The molecule has 1 amide bonds. The molecule has 1 aliphatic rings. The van der Waals surface area contributed by atoms with Gasteiger partial charge in [-0.2, -0.15) is 18.4 Å². The summed E-state index contributed by atoms with van der Waals surface area (Å²) in [5.74, 6) is -1.89. The normalized spacial score (nSPS) is 18.3. The molecular weight excluding hydrogens is 257 g/mol. The first-order chi connectivity index (χ1) is 8.90. The maximum Gasteiger partial charge on any atom is 0.471 e. The molecule has 1 aliphatic carbocycles. The Labute approximate surface area is 108 Å². The predicted octanol–water partition coefficient (Wildman–Crippen LogP) is 2.09. The standard InChI is InChI=1S/C13H11F3N2O/c14-13(15,16)12(19)18-11-4-3-9-5-8(7-17)1-2-10(9)6-11/h1-2,5,11H,3-4,6H2,(H,18,19)/t11-/m0/s1. The molecule has 0 radical (unpaired) electrons. The van der Waals surface area contributed by atoms with Gasteiger partial charge in [-0.25, -0.2) is 0 Å². The first kappa shape index (κ1) is 13.4. The van der Waals surface area contributed by atoms with E-state index in [0.29, 0.717) is 24.8 Å². The van der Waals surface area contributed by atoms with Crippen molar-refractivity contribution in [3.05, 3.63) is 34.9 Å². The number of aryl methyl sites for hydroxylation is 1. The number of nitriles is 1. The molecule has 0 fully saturated rings. The van der Waals surface area contributed by atoms with Crippen molar-refractivity contribution in [2.75, 3.05) is 0 Å². The second-order valence-corrected chi connectivity index (χ2v) is 4.51. The van der Waals surface area contributed by atoms with Gasteiger partial charge >= 0.3 is 12.1 Å². The molecule has 100 valence electrons. The average molecular weight is 268 g/mol. The van der Waals surface area contributed by atoms with Crippen LogP contribution in [-0.4, -0.2) is 18.1 Å². The minimum Gasteiger partial charge on any atom is -0.345 e. The summed E-state index contributed by atoms with van der Waals surface area (Å²) in [6, 6.07) is 6.63. The van der Waals surface area contributed by atoms with Crippen molar-refractivity contribution in [2.24, 2.45) is 0 Å². The van der Waals surface area contributed by atoms with E-state index < -0.39 is 18.1 Å². The quantitative estimate of drug-likeness (QED) is 0.848. The molecule has 1 atom stereocenters. The second-order valence-electron chi connectivity index (χ2n) is 4.51. The van der Waals surface area contributed by atoms with Crippen molar-refractivity contribution in [1.29, 1.82) is 5.26 Å². The fourth-order valence-electron chi connectivity index (χ4n) is 2.22. The zero-order chi connectivity index (χ0) is 14.0. The molecule has 1 aromatic carbocycles. The van der Waals surface area contributed by atoms with E-state index in [1.54, 1.807) is 18.2 Å². The molecule has 0 spiro atoms. The molecule has 0 bridgehead atoms. The molecule has 0 unspecified atom stereocenters. The third kappa shape index (κ3) is 3.05.